The fraction of sp³-hybridized carbons (Fsp3) is 0.324. The van der Waals surface area contributed by atoms with Crippen molar-refractivity contribution in [2.45, 2.75) is 33.1 Å². The van der Waals surface area contributed by atoms with Crippen LogP contribution < -0.4 is 20.3 Å². The van der Waals surface area contributed by atoms with Crippen LogP contribution in [0.5, 0.6) is 11.5 Å². The number of para-hydroxylation sites is 1. The predicted molar refractivity (Wildman–Crippen MR) is 178 cm³/mol. The first-order chi connectivity index (χ1) is 21.2. The molecule has 0 saturated carbocycles. The molecule has 2 heterocycles. The molecule has 1 unspecified atom stereocenters. The van der Waals surface area contributed by atoms with Gasteiger partial charge in [-0.3, -0.25) is 14.6 Å². The number of benzene rings is 2. The normalized spacial score (nSPS) is 12.3. The highest BCUT2D eigenvalue weighted by molar-refractivity contribution is 7.20. The Morgan fingerprint density at radius 1 is 1.07 bits per heavy atom. The average molecular weight is 618 g/mol. The molecule has 0 saturated heterocycles. The molecule has 2 N–H and O–H groups in total. The summed E-state index contributed by atoms with van der Waals surface area (Å²) in [7, 11) is 5.70. The lowest BCUT2D eigenvalue weighted by atomic mass is 9.96. The van der Waals surface area contributed by atoms with E-state index in [1.807, 2.05) is 32.3 Å². The summed E-state index contributed by atoms with van der Waals surface area (Å²) in [6.07, 6.45) is 5.51. The first-order valence-electron chi connectivity index (χ1n) is 14.7. The second kappa shape index (κ2) is 15.4. The number of amides is 2. The number of thiophene rings is 1. The number of carbonyl (C=O) groups excluding carboxylic acids is 2. The summed E-state index contributed by atoms with van der Waals surface area (Å²) in [5.74, 6) is -0.689. The van der Waals surface area contributed by atoms with E-state index in [9.17, 15) is 9.59 Å². The maximum atomic E-state index is 15.2. The minimum atomic E-state index is -0.639. The van der Waals surface area contributed by atoms with Crippen LogP contribution in [0.4, 0.5) is 15.8 Å². The van der Waals surface area contributed by atoms with E-state index in [4.69, 9.17) is 4.74 Å². The van der Waals surface area contributed by atoms with Gasteiger partial charge in [0.2, 0.25) is 11.8 Å². The Morgan fingerprint density at radius 2 is 1.84 bits per heavy atom. The van der Waals surface area contributed by atoms with Gasteiger partial charge in [-0.2, -0.15) is 0 Å². The summed E-state index contributed by atoms with van der Waals surface area (Å²) < 4.78 is 22.0. The molecule has 10 heteroatoms. The third kappa shape index (κ3) is 8.64. The van der Waals surface area contributed by atoms with Gasteiger partial charge in [0, 0.05) is 60.9 Å². The van der Waals surface area contributed by atoms with Crippen LogP contribution in [-0.2, 0) is 9.59 Å². The molecule has 0 bridgehead atoms. The molecule has 232 valence electrons. The molecule has 8 nitrogen and oxygen atoms in total. The summed E-state index contributed by atoms with van der Waals surface area (Å²) >= 11 is 1.57. The van der Waals surface area contributed by atoms with Gasteiger partial charge in [0.15, 0.2) is 11.6 Å². The van der Waals surface area contributed by atoms with Crippen molar-refractivity contribution in [2.24, 2.45) is 5.92 Å². The third-order valence-electron chi connectivity index (χ3n) is 7.14. The summed E-state index contributed by atoms with van der Waals surface area (Å²) in [6, 6.07) is 17.0. The highest BCUT2D eigenvalue weighted by Gasteiger charge is 2.19. The fourth-order valence-corrected chi connectivity index (χ4v) is 5.88. The van der Waals surface area contributed by atoms with Gasteiger partial charge in [-0.25, -0.2) is 4.39 Å². The summed E-state index contributed by atoms with van der Waals surface area (Å²) in [4.78, 5) is 34.2. The maximum Gasteiger partial charge on any atom is 0.236 e. The molecule has 44 heavy (non-hydrogen) atoms. The van der Waals surface area contributed by atoms with Crippen LogP contribution in [0.3, 0.4) is 0 Å². The van der Waals surface area contributed by atoms with Gasteiger partial charge in [-0.1, -0.05) is 38.5 Å². The van der Waals surface area contributed by atoms with Crippen LogP contribution in [0.2, 0.25) is 0 Å². The van der Waals surface area contributed by atoms with Crippen LogP contribution in [-0.4, -0.2) is 55.9 Å². The molecule has 1 atom stereocenters. The Labute approximate surface area is 262 Å². The molecule has 0 spiro atoms. The van der Waals surface area contributed by atoms with E-state index >= 15 is 4.39 Å². The lowest BCUT2D eigenvalue weighted by molar-refractivity contribution is -0.125. The van der Waals surface area contributed by atoms with E-state index in [2.05, 4.69) is 46.6 Å². The summed E-state index contributed by atoms with van der Waals surface area (Å²) in [6.45, 7) is 6.17. The number of hydrogen-bond donors (Lipinski definition) is 2. The third-order valence-corrected chi connectivity index (χ3v) is 8.33. The number of carbonyl (C=O) groups is 2. The lowest BCUT2D eigenvalue weighted by Gasteiger charge is -2.17. The van der Waals surface area contributed by atoms with E-state index in [0.717, 1.165) is 41.0 Å². The number of ether oxygens (including phenoxy) is 1. The zero-order chi connectivity index (χ0) is 31.6. The smallest absolute Gasteiger partial charge is 0.236 e. The number of anilines is 2. The molecule has 0 radical (unpaired) electrons. The van der Waals surface area contributed by atoms with Crippen molar-refractivity contribution < 1.29 is 18.7 Å². The molecule has 0 fully saturated rings. The quantitative estimate of drug-likeness (QED) is 0.116. The van der Waals surface area contributed by atoms with Crippen molar-refractivity contribution >= 4 is 50.3 Å². The maximum absolute atomic E-state index is 15.2. The molecular weight excluding hydrogens is 577 g/mol. The zero-order valence-electron chi connectivity index (χ0n) is 25.9. The molecule has 4 rings (SSSR count). The standard InChI is InChI=1S/C34H40FN5O3S/c1-6-10-23(2)26(22-36-17-18-39(3)4)31-20-28-34(44-31)30(15-16-37-28)43-29-14-13-24(19-27(29)35)38-32(41)21-33(42)40(5)25-11-8-7-9-12-25/h7-9,11-16,19-20,22-23,36H,6,10,17-18,21H2,1-5H3,(H,38,41)/b26-22+. The largest absolute Gasteiger partial charge is 0.453 e. The highest BCUT2D eigenvalue weighted by Crippen LogP contribution is 2.40. The number of nitrogens with one attached hydrogen (secondary N) is 2. The van der Waals surface area contributed by atoms with Gasteiger partial charge in [0.05, 0.1) is 10.2 Å². The van der Waals surface area contributed by atoms with Crippen molar-refractivity contribution in [1.29, 1.82) is 0 Å². The Morgan fingerprint density at radius 3 is 2.55 bits per heavy atom. The van der Waals surface area contributed by atoms with Crippen LogP contribution in [0.25, 0.3) is 15.8 Å². The van der Waals surface area contributed by atoms with Crippen LogP contribution in [0.15, 0.2) is 73.1 Å². The Hall–Kier alpha value is -4.28. The number of pyridine rings is 1. The fourth-order valence-electron chi connectivity index (χ4n) is 4.69. The Kier molecular flexibility index (Phi) is 11.5. The number of fused-ring (bicyclic) bond motifs is 1. The predicted octanol–water partition coefficient (Wildman–Crippen LogP) is 7.15. The molecular formula is C34H40FN5O3S. The van der Waals surface area contributed by atoms with Crippen molar-refractivity contribution in [3.8, 4) is 11.5 Å². The minimum absolute atomic E-state index is 0.0193. The second-order valence-corrected chi connectivity index (χ2v) is 12.0. The van der Waals surface area contributed by atoms with E-state index < -0.39 is 11.7 Å². The SMILES string of the molecule is CCCC(C)/C(=C\NCCN(C)C)c1cc2nccc(Oc3ccc(NC(=O)CC(=O)N(C)c4ccccc4)cc3F)c2s1. The number of likely N-dealkylation sites (N-methyl/N-ethyl adjacent to an activating group) is 1. The van der Waals surface area contributed by atoms with E-state index in [-0.39, 0.29) is 23.8 Å². The van der Waals surface area contributed by atoms with Crippen molar-refractivity contribution in [2.75, 3.05) is 44.4 Å². The Bertz CT molecular complexity index is 1610. The van der Waals surface area contributed by atoms with E-state index in [1.165, 1.54) is 22.6 Å². The lowest BCUT2D eigenvalue weighted by Crippen LogP contribution is -2.30. The van der Waals surface area contributed by atoms with Crippen LogP contribution >= 0.6 is 11.3 Å². The van der Waals surface area contributed by atoms with Gasteiger partial charge in [-0.05, 0) is 62.3 Å². The molecule has 0 aliphatic heterocycles. The van der Waals surface area contributed by atoms with Crippen molar-refractivity contribution in [3.63, 3.8) is 0 Å². The van der Waals surface area contributed by atoms with Gasteiger partial charge >= 0.3 is 0 Å². The molecule has 2 aromatic heterocycles. The highest BCUT2D eigenvalue weighted by atomic mass is 32.1. The van der Waals surface area contributed by atoms with Crippen LogP contribution in [0, 0.1) is 11.7 Å². The first kappa shape index (κ1) is 32.6. The summed E-state index contributed by atoms with van der Waals surface area (Å²) in [5, 5.41) is 6.05. The minimum Gasteiger partial charge on any atom is -0.453 e. The number of nitrogens with zero attached hydrogens (tertiary/aromatic N) is 3. The summed E-state index contributed by atoms with van der Waals surface area (Å²) in [5.41, 5.74) is 2.90. The van der Waals surface area contributed by atoms with Crippen molar-refractivity contribution in [1.82, 2.24) is 15.2 Å². The van der Waals surface area contributed by atoms with Gasteiger partial charge in [0.25, 0.3) is 0 Å². The number of hydrogen-bond acceptors (Lipinski definition) is 7. The molecule has 4 aromatic rings. The number of aromatic nitrogens is 1. The number of rotatable bonds is 14. The van der Waals surface area contributed by atoms with Gasteiger partial charge in [-0.15, -0.1) is 11.3 Å². The van der Waals surface area contributed by atoms with Gasteiger partial charge in [0.1, 0.15) is 12.2 Å². The van der Waals surface area contributed by atoms with Crippen LogP contribution in [0.1, 0.15) is 38.0 Å². The zero-order valence-corrected chi connectivity index (χ0v) is 26.7. The van der Waals surface area contributed by atoms with Gasteiger partial charge < -0.3 is 25.2 Å². The topological polar surface area (TPSA) is 86.8 Å². The number of allylic oxidation sites excluding steroid dienone is 1. The first-order valence-corrected chi connectivity index (χ1v) is 15.5. The monoisotopic (exact) mass is 617 g/mol. The molecule has 2 aromatic carbocycles. The molecule has 0 aliphatic rings. The Balaban J connectivity index is 1.47. The van der Waals surface area contributed by atoms with Crippen molar-refractivity contribution in [3.05, 3.63) is 83.8 Å². The van der Waals surface area contributed by atoms with E-state index in [1.54, 1.807) is 48.8 Å². The average Bonchev–Trinajstić information content (AvgIpc) is 3.43. The molecule has 0 aliphatic carbocycles. The molecule has 2 amide bonds. The van der Waals surface area contributed by atoms with E-state index in [0.29, 0.717) is 17.4 Å². The second-order valence-electron chi connectivity index (χ2n) is 10.9. The number of halogens is 1.